The predicted octanol–water partition coefficient (Wildman–Crippen LogP) is 2.90. The molecule has 0 saturated heterocycles. The van der Waals surface area contributed by atoms with Gasteiger partial charge in [0.05, 0.1) is 17.4 Å². The molecule has 2 heterocycles. The van der Waals surface area contributed by atoms with Gasteiger partial charge < -0.3 is 14.5 Å². The Bertz CT molecular complexity index is 1260. The maximum absolute atomic E-state index is 12.8. The highest BCUT2D eigenvalue weighted by atomic mass is 16.1. The van der Waals surface area contributed by atoms with E-state index in [9.17, 15) is 9.59 Å². The lowest BCUT2D eigenvalue weighted by Gasteiger charge is -2.12. The molecule has 0 radical (unpaired) electrons. The number of imidazole rings is 1. The van der Waals surface area contributed by atoms with Crippen LogP contribution in [0, 0.1) is 6.92 Å². The molecule has 0 bridgehead atoms. The molecule has 7 heteroatoms. The monoisotopic (exact) mass is 401 g/mol. The molecule has 4 aromatic rings. The van der Waals surface area contributed by atoms with E-state index in [4.69, 9.17) is 0 Å². The number of aromatic nitrogens is 4. The highest BCUT2D eigenvalue weighted by molar-refractivity contribution is 5.97. The van der Waals surface area contributed by atoms with Gasteiger partial charge in [0.2, 0.25) is 0 Å². The number of amides is 1. The molecule has 30 heavy (non-hydrogen) atoms. The maximum atomic E-state index is 12.8. The average molecular weight is 401 g/mol. The van der Waals surface area contributed by atoms with Gasteiger partial charge in [0.15, 0.2) is 0 Å². The Morgan fingerprint density at radius 2 is 1.93 bits per heavy atom. The molecule has 7 nitrogen and oxygen atoms in total. The Kier molecular flexibility index (Phi) is 5.43. The summed E-state index contributed by atoms with van der Waals surface area (Å²) < 4.78 is 3.66. The molecule has 0 unspecified atom stereocenters. The van der Waals surface area contributed by atoms with E-state index in [1.165, 1.54) is 0 Å². The lowest BCUT2D eigenvalue weighted by molar-refractivity contribution is 0.0951. The van der Waals surface area contributed by atoms with Crippen LogP contribution in [0.15, 0.2) is 66.0 Å². The van der Waals surface area contributed by atoms with Gasteiger partial charge in [0.1, 0.15) is 5.69 Å². The van der Waals surface area contributed by atoms with Gasteiger partial charge in [-0.2, -0.15) is 0 Å². The van der Waals surface area contributed by atoms with Crippen LogP contribution in [0.3, 0.4) is 0 Å². The number of benzene rings is 2. The third-order valence-electron chi connectivity index (χ3n) is 5.16. The molecular weight excluding hydrogens is 378 g/mol. The minimum absolute atomic E-state index is 0.100. The molecule has 2 aromatic carbocycles. The predicted molar refractivity (Wildman–Crippen MR) is 115 cm³/mol. The van der Waals surface area contributed by atoms with E-state index in [1.807, 2.05) is 42.0 Å². The fourth-order valence-corrected chi connectivity index (χ4v) is 3.57. The van der Waals surface area contributed by atoms with E-state index in [0.717, 1.165) is 16.6 Å². The van der Waals surface area contributed by atoms with Gasteiger partial charge in [0.25, 0.3) is 11.5 Å². The Balaban J connectivity index is 1.54. The summed E-state index contributed by atoms with van der Waals surface area (Å²) in [5.41, 5.74) is 4.39. The van der Waals surface area contributed by atoms with Gasteiger partial charge in [-0.25, -0.2) is 9.97 Å². The summed E-state index contributed by atoms with van der Waals surface area (Å²) in [7, 11) is 0. The lowest BCUT2D eigenvalue weighted by Crippen LogP contribution is -2.25. The van der Waals surface area contributed by atoms with E-state index in [2.05, 4.69) is 15.3 Å². The van der Waals surface area contributed by atoms with Crippen LogP contribution in [-0.2, 0) is 19.6 Å². The zero-order valence-electron chi connectivity index (χ0n) is 17.0. The standard InChI is InChI=1S/C23H23N5O2/c1-3-28-21-9-8-17(12-20(21)26-16(2)23(28)30)22(29)25-13-18-6-4-5-7-19(18)14-27-11-10-24-15-27/h4-12,15H,3,13-14H2,1-2H3,(H,25,29). The fourth-order valence-electron chi connectivity index (χ4n) is 3.57. The number of nitrogens with zero attached hydrogens (tertiary/aromatic N) is 4. The molecular formula is C23H23N5O2. The highest BCUT2D eigenvalue weighted by Crippen LogP contribution is 2.15. The first-order valence-corrected chi connectivity index (χ1v) is 9.88. The SMILES string of the molecule is CCn1c(=O)c(C)nc2cc(C(=O)NCc3ccccc3Cn3ccnc3)ccc21. The number of rotatable bonds is 6. The van der Waals surface area contributed by atoms with Crippen molar-refractivity contribution in [3.05, 3.63) is 93.9 Å². The minimum Gasteiger partial charge on any atom is -0.348 e. The number of fused-ring (bicyclic) bond motifs is 1. The number of carbonyl (C=O) groups excluding carboxylic acids is 1. The minimum atomic E-state index is -0.178. The Hall–Kier alpha value is -3.74. The topological polar surface area (TPSA) is 81.8 Å². The summed E-state index contributed by atoms with van der Waals surface area (Å²) in [6.45, 7) is 5.28. The molecule has 0 saturated carbocycles. The second-order valence-electron chi connectivity index (χ2n) is 7.14. The molecule has 4 rings (SSSR count). The average Bonchev–Trinajstić information content (AvgIpc) is 3.26. The molecule has 1 N–H and O–H groups in total. The summed E-state index contributed by atoms with van der Waals surface area (Å²) in [5, 5.41) is 2.99. The van der Waals surface area contributed by atoms with Crippen molar-refractivity contribution in [2.45, 2.75) is 33.5 Å². The highest BCUT2D eigenvalue weighted by Gasteiger charge is 2.12. The van der Waals surface area contributed by atoms with Crippen LogP contribution < -0.4 is 10.9 Å². The van der Waals surface area contributed by atoms with E-state index in [0.29, 0.717) is 36.4 Å². The van der Waals surface area contributed by atoms with Crippen LogP contribution in [0.5, 0.6) is 0 Å². The number of carbonyl (C=O) groups is 1. The van der Waals surface area contributed by atoms with Gasteiger partial charge in [-0.3, -0.25) is 9.59 Å². The molecule has 0 aliphatic rings. The van der Waals surface area contributed by atoms with Gasteiger partial charge in [0, 0.05) is 37.6 Å². The summed E-state index contributed by atoms with van der Waals surface area (Å²) in [4.78, 5) is 33.5. The third kappa shape index (κ3) is 3.87. The molecule has 0 spiro atoms. The summed E-state index contributed by atoms with van der Waals surface area (Å²) >= 11 is 0. The summed E-state index contributed by atoms with van der Waals surface area (Å²) in [5.74, 6) is -0.178. The molecule has 0 aliphatic heterocycles. The van der Waals surface area contributed by atoms with Gasteiger partial charge in [-0.05, 0) is 43.2 Å². The second kappa shape index (κ2) is 8.32. The number of hydrogen-bond acceptors (Lipinski definition) is 4. The molecule has 0 aliphatic carbocycles. The molecule has 0 fully saturated rings. The largest absolute Gasteiger partial charge is 0.348 e. The Morgan fingerprint density at radius 3 is 2.67 bits per heavy atom. The van der Waals surface area contributed by atoms with Crippen LogP contribution in [0.4, 0.5) is 0 Å². The fraction of sp³-hybridized carbons (Fsp3) is 0.217. The maximum Gasteiger partial charge on any atom is 0.272 e. The lowest BCUT2D eigenvalue weighted by atomic mass is 10.1. The molecule has 2 aromatic heterocycles. The van der Waals surface area contributed by atoms with Gasteiger partial charge >= 0.3 is 0 Å². The third-order valence-corrected chi connectivity index (χ3v) is 5.16. The van der Waals surface area contributed by atoms with E-state index in [1.54, 1.807) is 42.2 Å². The van der Waals surface area contributed by atoms with Crippen molar-refractivity contribution >= 4 is 16.9 Å². The van der Waals surface area contributed by atoms with Crippen molar-refractivity contribution in [2.24, 2.45) is 0 Å². The number of aryl methyl sites for hydroxylation is 2. The van der Waals surface area contributed by atoms with Crippen LogP contribution in [0.1, 0.15) is 34.1 Å². The summed E-state index contributed by atoms with van der Waals surface area (Å²) in [6, 6.07) is 13.3. The van der Waals surface area contributed by atoms with E-state index in [-0.39, 0.29) is 11.5 Å². The number of nitrogens with one attached hydrogen (secondary N) is 1. The van der Waals surface area contributed by atoms with Crippen LogP contribution in [0.25, 0.3) is 11.0 Å². The smallest absolute Gasteiger partial charge is 0.272 e. The van der Waals surface area contributed by atoms with Crippen molar-refractivity contribution in [2.75, 3.05) is 0 Å². The first-order valence-electron chi connectivity index (χ1n) is 9.88. The Labute approximate surface area is 174 Å². The zero-order chi connectivity index (χ0) is 21.1. The second-order valence-corrected chi connectivity index (χ2v) is 7.14. The molecule has 1 amide bonds. The normalized spacial score (nSPS) is 11.0. The first-order chi connectivity index (χ1) is 14.6. The van der Waals surface area contributed by atoms with Crippen molar-refractivity contribution in [1.82, 2.24) is 24.4 Å². The number of hydrogen-bond donors (Lipinski definition) is 1. The quantitative estimate of drug-likeness (QED) is 0.539. The van der Waals surface area contributed by atoms with Crippen LogP contribution in [-0.4, -0.2) is 25.0 Å². The van der Waals surface area contributed by atoms with Crippen molar-refractivity contribution < 1.29 is 4.79 Å². The van der Waals surface area contributed by atoms with Crippen molar-refractivity contribution in [3.63, 3.8) is 0 Å². The zero-order valence-corrected chi connectivity index (χ0v) is 17.0. The van der Waals surface area contributed by atoms with E-state index < -0.39 is 0 Å². The summed E-state index contributed by atoms with van der Waals surface area (Å²) in [6.07, 6.45) is 5.43. The van der Waals surface area contributed by atoms with Crippen molar-refractivity contribution in [1.29, 1.82) is 0 Å². The molecule has 152 valence electrons. The van der Waals surface area contributed by atoms with Crippen molar-refractivity contribution in [3.8, 4) is 0 Å². The van der Waals surface area contributed by atoms with Gasteiger partial charge in [-0.1, -0.05) is 24.3 Å². The van der Waals surface area contributed by atoms with Crippen LogP contribution >= 0.6 is 0 Å². The Morgan fingerprint density at radius 1 is 1.13 bits per heavy atom. The first kappa shape index (κ1) is 19.6. The van der Waals surface area contributed by atoms with E-state index >= 15 is 0 Å². The molecule has 0 atom stereocenters. The van der Waals surface area contributed by atoms with Gasteiger partial charge in [-0.15, -0.1) is 0 Å². The van der Waals surface area contributed by atoms with Crippen LogP contribution in [0.2, 0.25) is 0 Å².